The van der Waals surface area contributed by atoms with Gasteiger partial charge in [0.05, 0.1) is 11.5 Å². The summed E-state index contributed by atoms with van der Waals surface area (Å²) in [6.07, 6.45) is 5.89. The van der Waals surface area contributed by atoms with Crippen molar-refractivity contribution in [2.45, 2.75) is 57.8 Å². The molecule has 0 spiro atoms. The van der Waals surface area contributed by atoms with Crippen molar-refractivity contribution < 1.29 is 17.9 Å². The first-order chi connectivity index (χ1) is 16.8. The first-order valence-corrected chi connectivity index (χ1v) is 13.5. The number of carbonyl (C=O) groups excluding carboxylic acids is 1. The molecule has 0 fully saturated rings. The minimum atomic E-state index is -3.74. The molecule has 0 aliphatic heterocycles. The lowest BCUT2D eigenvalue weighted by Crippen LogP contribution is -2.14. The molecule has 0 atom stereocenters. The third-order valence-corrected chi connectivity index (χ3v) is 6.93. The predicted octanol–water partition coefficient (Wildman–Crippen LogP) is 6.71. The molecule has 0 bridgehead atoms. The Morgan fingerprint density at radius 3 is 2.06 bits per heavy atom. The molecule has 3 aromatic rings. The van der Waals surface area contributed by atoms with Crippen LogP contribution in [0, 0.1) is 13.8 Å². The van der Waals surface area contributed by atoms with E-state index in [1.807, 2.05) is 19.9 Å². The Morgan fingerprint density at radius 1 is 0.800 bits per heavy atom. The average Bonchev–Trinajstić information content (AvgIpc) is 2.81. The third-order valence-electron chi connectivity index (χ3n) is 5.53. The van der Waals surface area contributed by atoms with Crippen LogP contribution in [0.5, 0.6) is 5.75 Å². The van der Waals surface area contributed by atoms with E-state index in [2.05, 4.69) is 17.0 Å². The third kappa shape index (κ3) is 8.14. The van der Waals surface area contributed by atoms with Gasteiger partial charge in [-0.2, -0.15) is 0 Å². The molecule has 1 amide bonds. The maximum absolute atomic E-state index is 12.7. The topological polar surface area (TPSA) is 84.5 Å². The molecular formula is C28H34N2O4S. The fraction of sp³-hybridized carbons (Fsp3) is 0.321. The number of ether oxygens (including phenoxy) is 1. The molecule has 0 aromatic heterocycles. The van der Waals surface area contributed by atoms with Crippen molar-refractivity contribution in [1.82, 2.24) is 0 Å². The molecule has 0 heterocycles. The number of aryl methyl sites for hydroxylation is 2. The molecule has 0 aliphatic carbocycles. The molecular weight excluding hydrogens is 460 g/mol. The largest absolute Gasteiger partial charge is 0.494 e. The number of nitrogens with one attached hydrogen (secondary N) is 2. The summed E-state index contributed by atoms with van der Waals surface area (Å²) < 4.78 is 33.8. The van der Waals surface area contributed by atoms with E-state index in [-0.39, 0.29) is 10.8 Å². The minimum Gasteiger partial charge on any atom is -0.494 e. The summed E-state index contributed by atoms with van der Waals surface area (Å²) >= 11 is 0. The van der Waals surface area contributed by atoms with E-state index >= 15 is 0 Å². The lowest BCUT2D eigenvalue weighted by molar-refractivity contribution is 0.102. The Hall–Kier alpha value is -3.32. The van der Waals surface area contributed by atoms with E-state index in [9.17, 15) is 13.2 Å². The summed E-state index contributed by atoms with van der Waals surface area (Å²) in [5.74, 6) is 0.461. The van der Waals surface area contributed by atoms with Crippen LogP contribution in [-0.4, -0.2) is 20.9 Å². The zero-order valence-electron chi connectivity index (χ0n) is 20.6. The number of amides is 1. The number of unbranched alkanes of at least 4 members (excludes halogenated alkanes) is 4. The quantitative estimate of drug-likeness (QED) is 0.274. The van der Waals surface area contributed by atoms with Crippen LogP contribution in [0.4, 0.5) is 11.4 Å². The van der Waals surface area contributed by atoms with E-state index in [0.29, 0.717) is 23.5 Å². The summed E-state index contributed by atoms with van der Waals surface area (Å²) in [4.78, 5) is 12.7. The molecule has 7 heteroatoms. The van der Waals surface area contributed by atoms with Gasteiger partial charge in [0.1, 0.15) is 5.75 Å². The highest BCUT2D eigenvalue weighted by Crippen LogP contribution is 2.21. The van der Waals surface area contributed by atoms with Crippen LogP contribution < -0.4 is 14.8 Å². The Balaban J connectivity index is 1.54. The maximum Gasteiger partial charge on any atom is 0.261 e. The number of carbonyl (C=O) groups is 1. The summed E-state index contributed by atoms with van der Waals surface area (Å²) in [7, 11) is -3.74. The molecule has 6 nitrogen and oxygen atoms in total. The Labute approximate surface area is 208 Å². The van der Waals surface area contributed by atoms with Gasteiger partial charge in [-0.1, -0.05) is 38.7 Å². The number of sulfonamides is 1. The van der Waals surface area contributed by atoms with Crippen molar-refractivity contribution in [3.63, 3.8) is 0 Å². The average molecular weight is 495 g/mol. The number of rotatable bonds is 12. The Morgan fingerprint density at radius 2 is 1.43 bits per heavy atom. The second kappa shape index (κ2) is 12.4. The summed E-state index contributed by atoms with van der Waals surface area (Å²) in [5, 5.41) is 2.80. The van der Waals surface area contributed by atoms with Crippen molar-refractivity contribution in [2.75, 3.05) is 16.6 Å². The molecule has 0 aliphatic rings. The SMILES string of the molecule is CCCCCCCOc1ccc(C(=O)Nc2ccc(S(=O)(=O)Nc3cc(C)cc(C)c3)cc2)cc1. The van der Waals surface area contributed by atoms with Crippen molar-refractivity contribution in [2.24, 2.45) is 0 Å². The summed E-state index contributed by atoms with van der Waals surface area (Å²) in [5.41, 5.74) is 3.47. The van der Waals surface area contributed by atoms with E-state index in [1.54, 1.807) is 48.5 Å². The molecule has 3 rings (SSSR count). The standard InChI is InChI=1S/C28H34N2O4S/c1-4-5-6-7-8-17-34-26-13-9-23(10-14-26)28(31)29-24-11-15-27(16-12-24)35(32,33)30-25-19-21(2)18-22(3)20-25/h9-16,18-20,30H,4-8,17H2,1-3H3,(H,29,31). The number of hydrogen-bond acceptors (Lipinski definition) is 4. The van der Waals surface area contributed by atoms with E-state index in [1.165, 1.54) is 31.4 Å². The zero-order valence-corrected chi connectivity index (χ0v) is 21.5. The van der Waals surface area contributed by atoms with E-state index in [4.69, 9.17) is 4.74 Å². The second-order valence-electron chi connectivity index (χ2n) is 8.75. The summed E-state index contributed by atoms with van der Waals surface area (Å²) in [6.45, 7) is 6.69. The smallest absolute Gasteiger partial charge is 0.261 e. The van der Waals surface area contributed by atoms with Gasteiger partial charge < -0.3 is 10.1 Å². The normalized spacial score (nSPS) is 11.2. The Kier molecular flexibility index (Phi) is 9.32. The van der Waals surface area contributed by atoms with Gasteiger partial charge in [0.2, 0.25) is 0 Å². The van der Waals surface area contributed by atoms with Gasteiger partial charge >= 0.3 is 0 Å². The van der Waals surface area contributed by atoms with Gasteiger partial charge in [-0.05, 0) is 92.1 Å². The fourth-order valence-corrected chi connectivity index (χ4v) is 4.81. The van der Waals surface area contributed by atoms with Crippen LogP contribution >= 0.6 is 0 Å². The molecule has 2 N–H and O–H groups in total. The monoisotopic (exact) mass is 494 g/mol. The fourth-order valence-electron chi connectivity index (χ4n) is 3.77. The predicted molar refractivity (Wildman–Crippen MR) is 142 cm³/mol. The van der Waals surface area contributed by atoms with Crippen LogP contribution in [-0.2, 0) is 10.0 Å². The zero-order chi connectivity index (χ0) is 25.3. The van der Waals surface area contributed by atoms with Crippen LogP contribution in [0.3, 0.4) is 0 Å². The van der Waals surface area contributed by atoms with Crippen LogP contribution in [0.15, 0.2) is 71.6 Å². The van der Waals surface area contributed by atoms with Gasteiger partial charge in [-0.25, -0.2) is 8.42 Å². The van der Waals surface area contributed by atoms with Crippen molar-refractivity contribution in [3.8, 4) is 5.75 Å². The van der Waals surface area contributed by atoms with Crippen LogP contribution in [0.1, 0.15) is 60.5 Å². The van der Waals surface area contributed by atoms with Gasteiger partial charge in [0.15, 0.2) is 0 Å². The van der Waals surface area contributed by atoms with Gasteiger partial charge in [-0.15, -0.1) is 0 Å². The lowest BCUT2D eigenvalue weighted by atomic mass is 10.1. The van der Waals surface area contributed by atoms with Crippen molar-refractivity contribution >= 4 is 27.3 Å². The van der Waals surface area contributed by atoms with E-state index in [0.717, 1.165) is 29.7 Å². The van der Waals surface area contributed by atoms with Crippen molar-refractivity contribution in [3.05, 3.63) is 83.4 Å². The highest BCUT2D eigenvalue weighted by Gasteiger charge is 2.15. The van der Waals surface area contributed by atoms with Gasteiger partial charge in [0.25, 0.3) is 15.9 Å². The number of anilines is 2. The molecule has 35 heavy (non-hydrogen) atoms. The van der Waals surface area contributed by atoms with Crippen LogP contribution in [0.2, 0.25) is 0 Å². The number of benzene rings is 3. The van der Waals surface area contributed by atoms with Crippen LogP contribution in [0.25, 0.3) is 0 Å². The maximum atomic E-state index is 12.7. The highest BCUT2D eigenvalue weighted by atomic mass is 32.2. The first kappa shape index (κ1) is 26.3. The molecule has 0 radical (unpaired) electrons. The summed E-state index contributed by atoms with van der Waals surface area (Å²) in [6, 6.07) is 18.6. The lowest BCUT2D eigenvalue weighted by Gasteiger charge is -2.11. The molecule has 3 aromatic carbocycles. The van der Waals surface area contributed by atoms with Gasteiger partial charge in [-0.3, -0.25) is 9.52 Å². The minimum absolute atomic E-state index is 0.117. The van der Waals surface area contributed by atoms with Crippen molar-refractivity contribution in [1.29, 1.82) is 0 Å². The molecule has 0 saturated heterocycles. The second-order valence-corrected chi connectivity index (χ2v) is 10.4. The highest BCUT2D eigenvalue weighted by molar-refractivity contribution is 7.92. The molecule has 0 saturated carbocycles. The Bertz CT molecular complexity index is 1200. The molecule has 186 valence electrons. The number of hydrogen-bond donors (Lipinski definition) is 2. The van der Waals surface area contributed by atoms with Gasteiger partial charge in [0, 0.05) is 16.9 Å². The molecule has 0 unspecified atom stereocenters. The first-order valence-electron chi connectivity index (χ1n) is 12.0. The van der Waals surface area contributed by atoms with E-state index < -0.39 is 10.0 Å².